The first-order valence-electron chi connectivity index (χ1n) is 6.92. The van der Waals surface area contributed by atoms with E-state index in [1.54, 1.807) is 24.3 Å². The molecule has 0 radical (unpaired) electrons. The molecule has 0 aliphatic heterocycles. The van der Waals surface area contributed by atoms with Crippen molar-refractivity contribution in [1.29, 1.82) is 0 Å². The van der Waals surface area contributed by atoms with Gasteiger partial charge in [0.2, 0.25) is 0 Å². The van der Waals surface area contributed by atoms with Gasteiger partial charge < -0.3 is 4.74 Å². The third-order valence-corrected chi connectivity index (χ3v) is 3.58. The molecule has 0 aliphatic carbocycles. The Labute approximate surface area is 134 Å². The fourth-order valence-corrected chi connectivity index (χ4v) is 2.26. The van der Waals surface area contributed by atoms with Crippen LogP contribution in [0.5, 0.6) is 11.5 Å². The van der Waals surface area contributed by atoms with Gasteiger partial charge in [-0.1, -0.05) is 30.3 Å². The van der Waals surface area contributed by atoms with E-state index in [9.17, 15) is 4.79 Å². The van der Waals surface area contributed by atoms with Crippen LogP contribution in [0.4, 0.5) is 0 Å². The molecular formula is C19H15O2S+. The predicted molar refractivity (Wildman–Crippen MR) is 91.3 cm³/mol. The van der Waals surface area contributed by atoms with Gasteiger partial charge in [0.1, 0.15) is 11.5 Å². The van der Waals surface area contributed by atoms with Gasteiger partial charge in [0.05, 0.1) is 0 Å². The lowest BCUT2D eigenvalue weighted by atomic mass is 10.0. The maximum atomic E-state index is 12.3. The molecule has 0 saturated carbocycles. The lowest BCUT2D eigenvalue weighted by Gasteiger charge is -2.06. The highest BCUT2D eigenvalue weighted by molar-refractivity contribution is 7.58. The van der Waals surface area contributed by atoms with Crippen LogP contribution >= 0.6 is 0 Å². The highest BCUT2D eigenvalue weighted by Crippen LogP contribution is 2.22. The van der Waals surface area contributed by atoms with Crippen molar-refractivity contribution < 1.29 is 9.53 Å². The lowest BCUT2D eigenvalue weighted by Crippen LogP contribution is -2.00. The minimum absolute atomic E-state index is 0.00976. The second-order valence-corrected chi connectivity index (χ2v) is 5.42. The largest absolute Gasteiger partial charge is 0.457 e. The molecule has 0 spiro atoms. The van der Waals surface area contributed by atoms with Gasteiger partial charge in [0, 0.05) is 11.1 Å². The number of ketones is 1. The van der Waals surface area contributed by atoms with Crippen LogP contribution in [0.3, 0.4) is 0 Å². The van der Waals surface area contributed by atoms with Crippen LogP contribution in [0.1, 0.15) is 15.9 Å². The monoisotopic (exact) mass is 307 g/mol. The molecular weight excluding hydrogens is 292 g/mol. The summed E-state index contributed by atoms with van der Waals surface area (Å²) in [4.78, 5) is 13.3. The Morgan fingerprint density at radius 3 is 1.77 bits per heavy atom. The summed E-state index contributed by atoms with van der Waals surface area (Å²) in [5.74, 6) is 1.46. The van der Waals surface area contributed by atoms with Gasteiger partial charge in [0.15, 0.2) is 10.7 Å². The van der Waals surface area contributed by atoms with Crippen molar-refractivity contribution in [3.63, 3.8) is 0 Å². The van der Waals surface area contributed by atoms with Gasteiger partial charge >= 0.3 is 0 Å². The molecule has 108 valence electrons. The SMILES string of the molecule is O=C(c1ccccc1)c1ccc(Oc2ccc([SH2+])cc2)cc1. The normalized spacial score (nSPS) is 10.2. The minimum Gasteiger partial charge on any atom is -0.457 e. The molecule has 3 aromatic rings. The van der Waals surface area contributed by atoms with Gasteiger partial charge in [-0.2, -0.15) is 0 Å². The molecule has 2 nitrogen and oxygen atoms in total. The molecule has 0 fully saturated rings. The van der Waals surface area contributed by atoms with Crippen molar-refractivity contribution in [2.75, 3.05) is 0 Å². The van der Waals surface area contributed by atoms with E-state index in [0.29, 0.717) is 16.9 Å². The lowest BCUT2D eigenvalue weighted by molar-refractivity contribution is 0.103. The highest BCUT2D eigenvalue weighted by Gasteiger charge is 2.08. The zero-order valence-corrected chi connectivity index (χ0v) is 12.8. The van der Waals surface area contributed by atoms with Gasteiger partial charge in [-0.25, -0.2) is 0 Å². The number of carbonyl (C=O) groups excluding carboxylic acids is 1. The molecule has 0 aliphatic rings. The third-order valence-electron chi connectivity index (χ3n) is 3.24. The molecule has 0 N–H and O–H groups in total. The van der Waals surface area contributed by atoms with E-state index in [4.69, 9.17) is 4.74 Å². The summed E-state index contributed by atoms with van der Waals surface area (Å²) in [6.45, 7) is 0. The number of ether oxygens (including phenoxy) is 1. The molecule has 22 heavy (non-hydrogen) atoms. The predicted octanol–water partition coefficient (Wildman–Crippen LogP) is 4.08. The molecule has 3 aromatic carbocycles. The standard InChI is InChI=1S/C19H14O2S/c20-19(14-4-2-1-3-5-14)15-6-8-16(9-7-15)21-17-10-12-18(22)13-11-17/h1-13,22H/p+1. The fraction of sp³-hybridized carbons (Fsp3) is 0. The maximum absolute atomic E-state index is 12.3. The average Bonchev–Trinajstić information content (AvgIpc) is 2.58. The highest BCUT2D eigenvalue weighted by atomic mass is 32.1. The Hall–Kier alpha value is -2.52. The second-order valence-electron chi connectivity index (χ2n) is 4.85. The summed E-state index contributed by atoms with van der Waals surface area (Å²) >= 11 is 3.44. The van der Waals surface area contributed by atoms with Crippen LogP contribution < -0.4 is 4.74 Å². The molecule has 0 saturated heterocycles. The Morgan fingerprint density at radius 2 is 1.18 bits per heavy atom. The van der Waals surface area contributed by atoms with Crippen LogP contribution in [0.25, 0.3) is 0 Å². The van der Waals surface area contributed by atoms with Crippen LogP contribution in [-0.4, -0.2) is 5.78 Å². The van der Waals surface area contributed by atoms with E-state index < -0.39 is 0 Å². The quantitative estimate of drug-likeness (QED) is 0.536. The number of hydrogen-bond acceptors (Lipinski definition) is 2. The van der Waals surface area contributed by atoms with E-state index >= 15 is 0 Å². The number of carbonyl (C=O) groups is 1. The van der Waals surface area contributed by atoms with E-state index in [1.165, 1.54) is 0 Å². The van der Waals surface area contributed by atoms with Gasteiger partial charge in [0.25, 0.3) is 0 Å². The zero-order valence-electron chi connectivity index (χ0n) is 11.8. The van der Waals surface area contributed by atoms with Crippen molar-refractivity contribution in [1.82, 2.24) is 0 Å². The number of rotatable bonds is 4. The second kappa shape index (κ2) is 6.50. The zero-order chi connectivity index (χ0) is 15.4. The molecule has 3 rings (SSSR count). The maximum Gasteiger partial charge on any atom is 0.193 e. The number of benzene rings is 3. The third kappa shape index (κ3) is 3.38. The first-order valence-corrected chi connectivity index (χ1v) is 7.42. The Morgan fingerprint density at radius 1 is 0.682 bits per heavy atom. The van der Waals surface area contributed by atoms with Gasteiger partial charge in [-0.3, -0.25) is 4.79 Å². The summed E-state index contributed by atoms with van der Waals surface area (Å²) in [5.41, 5.74) is 1.33. The smallest absolute Gasteiger partial charge is 0.193 e. The van der Waals surface area contributed by atoms with Crippen LogP contribution in [0, 0.1) is 0 Å². The molecule has 0 heterocycles. The van der Waals surface area contributed by atoms with Crippen molar-refractivity contribution in [2.45, 2.75) is 4.90 Å². The van der Waals surface area contributed by atoms with Gasteiger partial charge in [-0.05, 0) is 61.2 Å². The van der Waals surface area contributed by atoms with E-state index in [-0.39, 0.29) is 5.78 Å². The number of hydrogen-bond donors (Lipinski definition) is 0. The minimum atomic E-state index is 0.00976. The molecule has 3 heteroatoms. The summed E-state index contributed by atoms with van der Waals surface area (Å²) in [5, 5.41) is 0. The van der Waals surface area contributed by atoms with Crippen molar-refractivity contribution >= 4 is 18.4 Å². The van der Waals surface area contributed by atoms with Crippen molar-refractivity contribution in [3.05, 3.63) is 90.0 Å². The fourth-order valence-electron chi connectivity index (χ4n) is 2.09. The first-order chi connectivity index (χ1) is 10.7. The summed E-state index contributed by atoms with van der Waals surface area (Å²) in [7, 11) is 0. The summed E-state index contributed by atoms with van der Waals surface area (Å²) in [6.07, 6.45) is 0. The first kappa shape index (κ1) is 14.4. The van der Waals surface area contributed by atoms with E-state index in [1.807, 2.05) is 54.6 Å². The van der Waals surface area contributed by atoms with Gasteiger partial charge in [-0.15, -0.1) is 0 Å². The summed E-state index contributed by atoms with van der Waals surface area (Å²) < 4.78 is 5.74. The molecule has 0 aromatic heterocycles. The molecule has 0 amide bonds. The Bertz CT molecular complexity index is 763. The van der Waals surface area contributed by atoms with Crippen LogP contribution in [0.15, 0.2) is 83.8 Å². The van der Waals surface area contributed by atoms with Crippen LogP contribution in [0.2, 0.25) is 0 Å². The Balaban J connectivity index is 1.75. The average molecular weight is 307 g/mol. The van der Waals surface area contributed by atoms with Crippen molar-refractivity contribution in [3.8, 4) is 11.5 Å². The molecule has 0 unspecified atom stereocenters. The summed E-state index contributed by atoms with van der Waals surface area (Å²) in [6, 6.07) is 24.0. The van der Waals surface area contributed by atoms with E-state index in [0.717, 1.165) is 10.6 Å². The topological polar surface area (TPSA) is 26.3 Å². The Kier molecular flexibility index (Phi) is 4.26. The van der Waals surface area contributed by atoms with E-state index in [2.05, 4.69) is 12.6 Å². The molecule has 0 atom stereocenters. The van der Waals surface area contributed by atoms with Crippen molar-refractivity contribution in [2.24, 2.45) is 0 Å². The molecule has 0 bridgehead atoms. The van der Waals surface area contributed by atoms with Crippen LogP contribution in [-0.2, 0) is 12.6 Å².